The van der Waals surface area contributed by atoms with Crippen LogP contribution in [0.25, 0.3) is 0 Å². The van der Waals surface area contributed by atoms with Crippen LogP contribution in [0, 0.1) is 0 Å². The molecule has 0 unspecified atom stereocenters. The number of nitrogens with zero attached hydrogens (tertiary/aromatic N) is 1. The molecule has 76 valence electrons. The molecule has 0 amide bonds. The minimum absolute atomic E-state index is 0.0738. The molecule has 14 heavy (non-hydrogen) atoms. The zero-order chi connectivity index (χ0) is 10.6. The van der Waals surface area contributed by atoms with Crippen LogP contribution in [-0.2, 0) is 11.2 Å². The summed E-state index contributed by atoms with van der Waals surface area (Å²) in [6.07, 6.45) is 0.320. The van der Waals surface area contributed by atoms with Crippen molar-refractivity contribution < 1.29 is 14.3 Å². The van der Waals surface area contributed by atoms with Crippen molar-refractivity contribution in [1.29, 1.82) is 0 Å². The quantitative estimate of drug-likeness (QED) is 0.725. The average Bonchev–Trinajstić information content (AvgIpc) is 2.16. The number of carbonyl (C=O) groups is 1. The highest BCUT2D eigenvalue weighted by Gasteiger charge is 2.07. The Morgan fingerprint density at radius 2 is 2.07 bits per heavy atom. The highest BCUT2D eigenvalue weighted by Crippen LogP contribution is 2.23. The minimum Gasteiger partial charge on any atom is -0.491 e. The Balaban J connectivity index is 2.95. The first-order valence-electron chi connectivity index (χ1n) is 4.24. The van der Waals surface area contributed by atoms with Gasteiger partial charge in [0.25, 0.3) is 5.88 Å². The third kappa shape index (κ3) is 2.45. The zero-order valence-electron chi connectivity index (χ0n) is 8.53. The van der Waals surface area contributed by atoms with Crippen molar-refractivity contribution in [3.8, 4) is 11.6 Å². The summed E-state index contributed by atoms with van der Waals surface area (Å²) in [5, 5.41) is 0. The normalized spacial score (nSPS) is 9.64. The monoisotopic (exact) mass is 195 g/mol. The number of hydrogen-bond donors (Lipinski definition) is 0. The van der Waals surface area contributed by atoms with Gasteiger partial charge < -0.3 is 9.47 Å². The zero-order valence-corrected chi connectivity index (χ0v) is 8.53. The van der Waals surface area contributed by atoms with Gasteiger partial charge in [-0.2, -0.15) is 0 Å². The van der Waals surface area contributed by atoms with Crippen LogP contribution >= 0.6 is 0 Å². The second-order valence-corrected chi connectivity index (χ2v) is 2.89. The van der Waals surface area contributed by atoms with Gasteiger partial charge in [-0.3, -0.25) is 4.79 Å². The predicted molar refractivity (Wildman–Crippen MR) is 51.7 cm³/mol. The molecular formula is C10H13NO3. The number of ether oxygens (including phenoxy) is 2. The van der Waals surface area contributed by atoms with E-state index in [1.807, 2.05) is 0 Å². The van der Waals surface area contributed by atoms with E-state index in [-0.39, 0.29) is 5.78 Å². The third-order valence-corrected chi connectivity index (χ3v) is 1.73. The van der Waals surface area contributed by atoms with Crippen molar-refractivity contribution >= 4 is 5.78 Å². The fraction of sp³-hybridized carbons (Fsp3) is 0.400. The minimum atomic E-state index is 0.0738. The van der Waals surface area contributed by atoms with Crippen LogP contribution in [-0.4, -0.2) is 25.0 Å². The third-order valence-electron chi connectivity index (χ3n) is 1.73. The van der Waals surface area contributed by atoms with Crippen molar-refractivity contribution in [2.75, 3.05) is 14.2 Å². The highest BCUT2D eigenvalue weighted by molar-refractivity contribution is 5.77. The van der Waals surface area contributed by atoms with Crippen LogP contribution in [0.4, 0.5) is 0 Å². The Bertz CT molecular complexity index is 336. The van der Waals surface area contributed by atoms with Crippen molar-refractivity contribution in [2.24, 2.45) is 0 Å². The van der Waals surface area contributed by atoms with E-state index >= 15 is 0 Å². The molecule has 1 aromatic rings. The first kappa shape index (κ1) is 10.5. The van der Waals surface area contributed by atoms with Gasteiger partial charge in [-0.15, -0.1) is 0 Å². The molecule has 1 rings (SSSR count). The largest absolute Gasteiger partial charge is 0.491 e. The molecule has 0 fully saturated rings. The average molecular weight is 195 g/mol. The maximum absolute atomic E-state index is 10.9. The van der Waals surface area contributed by atoms with Gasteiger partial charge in [0.2, 0.25) is 0 Å². The smallest absolute Gasteiger partial charge is 0.256 e. The predicted octanol–water partition coefficient (Wildman–Crippen LogP) is 1.23. The van der Waals surface area contributed by atoms with Crippen molar-refractivity contribution in [2.45, 2.75) is 13.3 Å². The van der Waals surface area contributed by atoms with Gasteiger partial charge in [0.05, 0.1) is 19.9 Å². The molecule has 0 spiro atoms. The number of methoxy groups -OCH3 is 2. The van der Waals surface area contributed by atoms with Crippen LogP contribution < -0.4 is 9.47 Å². The molecule has 1 heterocycles. The number of hydrogen-bond acceptors (Lipinski definition) is 4. The first-order chi connectivity index (χ1) is 6.67. The molecular weight excluding hydrogens is 182 g/mol. The molecule has 0 saturated carbocycles. The number of rotatable bonds is 4. The number of pyridine rings is 1. The lowest BCUT2D eigenvalue weighted by molar-refractivity contribution is -0.116. The highest BCUT2D eigenvalue weighted by atomic mass is 16.5. The van der Waals surface area contributed by atoms with E-state index in [2.05, 4.69) is 4.98 Å². The number of Topliss-reactive ketones (excluding diaryl/α,β-unsaturated/α-hetero) is 1. The van der Waals surface area contributed by atoms with Gasteiger partial charge in [0, 0.05) is 6.42 Å². The van der Waals surface area contributed by atoms with E-state index in [0.717, 1.165) is 0 Å². The lowest BCUT2D eigenvalue weighted by Crippen LogP contribution is -2.01. The number of ketones is 1. The van der Waals surface area contributed by atoms with Crippen LogP contribution in [0.3, 0.4) is 0 Å². The van der Waals surface area contributed by atoms with Crippen molar-refractivity contribution in [1.82, 2.24) is 4.98 Å². The Morgan fingerprint density at radius 1 is 1.36 bits per heavy atom. The molecule has 0 aromatic carbocycles. The summed E-state index contributed by atoms with van der Waals surface area (Å²) in [5.41, 5.74) is 0.690. The van der Waals surface area contributed by atoms with Crippen molar-refractivity contribution in [3.05, 3.63) is 17.8 Å². The fourth-order valence-electron chi connectivity index (χ4n) is 1.12. The summed E-state index contributed by atoms with van der Waals surface area (Å²) in [4.78, 5) is 15.0. The van der Waals surface area contributed by atoms with Crippen LogP contribution in [0.15, 0.2) is 12.1 Å². The maximum Gasteiger partial charge on any atom is 0.256 e. The van der Waals surface area contributed by atoms with Gasteiger partial charge in [-0.1, -0.05) is 0 Å². The topological polar surface area (TPSA) is 48.4 Å². The lowest BCUT2D eigenvalue weighted by Gasteiger charge is -2.07. The van der Waals surface area contributed by atoms with Crippen LogP contribution in [0.5, 0.6) is 11.6 Å². The summed E-state index contributed by atoms with van der Waals surface area (Å²) >= 11 is 0. The second-order valence-electron chi connectivity index (χ2n) is 2.89. The Kier molecular flexibility index (Phi) is 3.45. The van der Waals surface area contributed by atoms with Crippen LogP contribution in [0.1, 0.15) is 12.6 Å². The Labute approximate surface area is 82.9 Å². The Morgan fingerprint density at radius 3 is 2.57 bits per heavy atom. The number of carbonyl (C=O) groups excluding carboxylic acids is 1. The molecule has 0 aliphatic heterocycles. The molecule has 0 aliphatic rings. The van der Waals surface area contributed by atoms with Gasteiger partial charge in [0.1, 0.15) is 5.78 Å². The van der Waals surface area contributed by atoms with Gasteiger partial charge in [-0.05, 0) is 19.1 Å². The summed E-state index contributed by atoms with van der Waals surface area (Å²) in [7, 11) is 3.06. The summed E-state index contributed by atoms with van der Waals surface area (Å²) in [5.74, 6) is 1.05. The molecule has 0 radical (unpaired) electrons. The van der Waals surface area contributed by atoms with Gasteiger partial charge >= 0.3 is 0 Å². The summed E-state index contributed by atoms with van der Waals surface area (Å²) in [6, 6.07) is 3.49. The standard InChI is InChI=1S/C10H13NO3/c1-7(12)6-8-4-5-9(13-2)10(11-8)14-3/h4-5H,6H2,1-3H3. The van der Waals surface area contributed by atoms with Crippen LogP contribution in [0.2, 0.25) is 0 Å². The van der Waals surface area contributed by atoms with E-state index in [0.29, 0.717) is 23.7 Å². The molecule has 4 heteroatoms. The summed E-state index contributed by atoms with van der Waals surface area (Å²) in [6.45, 7) is 1.53. The molecule has 0 saturated heterocycles. The van der Waals surface area contributed by atoms with Crippen molar-refractivity contribution in [3.63, 3.8) is 0 Å². The molecule has 1 aromatic heterocycles. The fourth-order valence-corrected chi connectivity index (χ4v) is 1.12. The summed E-state index contributed by atoms with van der Waals surface area (Å²) < 4.78 is 10.0. The number of aromatic nitrogens is 1. The molecule has 0 bridgehead atoms. The van der Waals surface area contributed by atoms with E-state index in [9.17, 15) is 4.79 Å². The Hall–Kier alpha value is -1.58. The lowest BCUT2D eigenvalue weighted by atomic mass is 10.2. The van der Waals surface area contributed by atoms with E-state index in [1.54, 1.807) is 19.2 Å². The van der Waals surface area contributed by atoms with Gasteiger partial charge in [0.15, 0.2) is 5.75 Å². The van der Waals surface area contributed by atoms with Gasteiger partial charge in [-0.25, -0.2) is 4.98 Å². The van der Waals surface area contributed by atoms with E-state index in [4.69, 9.17) is 9.47 Å². The maximum atomic E-state index is 10.9. The second kappa shape index (κ2) is 4.60. The molecule has 0 aliphatic carbocycles. The molecule has 4 nitrogen and oxygen atoms in total. The first-order valence-corrected chi connectivity index (χ1v) is 4.24. The van der Waals surface area contributed by atoms with E-state index in [1.165, 1.54) is 14.0 Å². The molecule has 0 N–H and O–H groups in total. The van der Waals surface area contributed by atoms with E-state index < -0.39 is 0 Å². The molecule has 0 atom stereocenters. The SMILES string of the molecule is COc1ccc(CC(C)=O)nc1OC.